The number of rotatable bonds is 6. The van der Waals surface area contributed by atoms with Crippen LogP contribution in [0.1, 0.15) is 49.2 Å². The minimum absolute atomic E-state index is 0.194. The summed E-state index contributed by atoms with van der Waals surface area (Å²) in [7, 11) is 0. The van der Waals surface area contributed by atoms with Crippen LogP contribution >= 0.6 is 11.3 Å². The fourth-order valence-electron chi connectivity index (χ4n) is 1.98. The zero-order valence-corrected chi connectivity index (χ0v) is 11.4. The Labute approximate surface area is 107 Å². The van der Waals surface area contributed by atoms with E-state index in [4.69, 9.17) is 4.74 Å². The highest BCUT2D eigenvalue weighted by atomic mass is 32.1. The molecule has 96 valence electrons. The highest BCUT2D eigenvalue weighted by Gasteiger charge is 2.26. The van der Waals surface area contributed by atoms with Gasteiger partial charge in [0.2, 0.25) is 0 Å². The van der Waals surface area contributed by atoms with Crippen molar-refractivity contribution in [3.05, 3.63) is 10.0 Å². The van der Waals surface area contributed by atoms with Gasteiger partial charge in [-0.25, -0.2) is 0 Å². The smallest absolute Gasteiger partial charge is 0.146 e. The molecular formula is C12H21N3OS. The fraction of sp³-hybridized carbons (Fsp3) is 0.833. The van der Waals surface area contributed by atoms with Crippen LogP contribution in [0.25, 0.3) is 0 Å². The molecule has 0 aliphatic carbocycles. The molecule has 1 aliphatic heterocycles. The van der Waals surface area contributed by atoms with Crippen LogP contribution in [0.3, 0.4) is 0 Å². The predicted octanol–water partition coefficient (Wildman–Crippen LogP) is 2.32. The first-order valence-corrected chi connectivity index (χ1v) is 7.29. The maximum absolute atomic E-state index is 5.80. The van der Waals surface area contributed by atoms with Gasteiger partial charge in [0, 0.05) is 13.0 Å². The Morgan fingerprint density at radius 2 is 2.24 bits per heavy atom. The molecule has 5 heteroatoms. The molecular weight excluding hydrogens is 234 g/mol. The number of nitrogens with zero attached hydrogens (tertiary/aromatic N) is 2. The molecule has 0 bridgehead atoms. The number of hydrogen-bond acceptors (Lipinski definition) is 5. The average molecular weight is 255 g/mol. The van der Waals surface area contributed by atoms with Gasteiger partial charge in [0.05, 0.1) is 6.10 Å². The van der Waals surface area contributed by atoms with E-state index in [1.807, 2.05) is 0 Å². The van der Waals surface area contributed by atoms with Gasteiger partial charge in [-0.3, -0.25) is 0 Å². The number of hydrogen-bond donors (Lipinski definition) is 1. The maximum Gasteiger partial charge on any atom is 0.146 e. The summed E-state index contributed by atoms with van der Waals surface area (Å²) in [5.41, 5.74) is 0. The molecule has 1 aromatic rings. The number of ether oxygens (including phenoxy) is 1. The lowest BCUT2D eigenvalue weighted by Gasteiger charge is -2.05. The van der Waals surface area contributed by atoms with Crippen molar-refractivity contribution >= 4 is 11.3 Å². The first-order chi connectivity index (χ1) is 8.29. The van der Waals surface area contributed by atoms with Gasteiger partial charge in [-0.2, -0.15) is 0 Å². The SMILES string of the molecule is CCCNCCc1nnc(C2CCC(C)O2)s1. The molecule has 1 aliphatic rings. The highest BCUT2D eigenvalue weighted by molar-refractivity contribution is 7.11. The van der Waals surface area contributed by atoms with Gasteiger partial charge >= 0.3 is 0 Å². The van der Waals surface area contributed by atoms with Crippen molar-refractivity contribution in [2.45, 2.75) is 51.7 Å². The second kappa shape index (κ2) is 6.42. The molecule has 4 nitrogen and oxygen atoms in total. The van der Waals surface area contributed by atoms with E-state index in [-0.39, 0.29) is 6.10 Å². The first-order valence-electron chi connectivity index (χ1n) is 6.48. The highest BCUT2D eigenvalue weighted by Crippen LogP contribution is 2.33. The summed E-state index contributed by atoms with van der Waals surface area (Å²) in [5, 5.41) is 14.0. The lowest BCUT2D eigenvalue weighted by Crippen LogP contribution is -2.17. The Bertz CT molecular complexity index is 342. The van der Waals surface area contributed by atoms with Crippen LogP contribution in [0.4, 0.5) is 0 Å². The lowest BCUT2D eigenvalue weighted by molar-refractivity contribution is 0.0550. The molecule has 0 amide bonds. The molecule has 0 spiro atoms. The number of aromatic nitrogens is 2. The lowest BCUT2D eigenvalue weighted by atomic mass is 10.2. The van der Waals surface area contributed by atoms with E-state index in [0.29, 0.717) is 6.10 Å². The van der Waals surface area contributed by atoms with E-state index in [9.17, 15) is 0 Å². The van der Waals surface area contributed by atoms with Crippen molar-refractivity contribution in [1.29, 1.82) is 0 Å². The zero-order valence-electron chi connectivity index (χ0n) is 10.6. The standard InChI is InChI=1S/C12H21N3OS/c1-3-7-13-8-6-11-14-15-12(17-11)10-5-4-9(2)16-10/h9-10,13H,3-8H2,1-2H3. The van der Waals surface area contributed by atoms with Gasteiger partial charge in [0.1, 0.15) is 16.1 Å². The molecule has 0 saturated carbocycles. The van der Waals surface area contributed by atoms with Gasteiger partial charge in [-0.15, -0.1) is 10.2 Å². The molecule has 0 radical (unpaired) electrons. The Morgan fingerprint density at radius 3 is 2.94 bits per heavy atom. The second-order valence-electron chi connectivity index (χ2n) is 4.55. The van der Waals surface area contributed by atoms with Crippen LogP contribution in [-0.2, 0) is 11.2 Å². The Morgan fingerprint density at radius 1 is 1.35 bits per heavy atom. The van der Waals surface area contributed by atoms with E-state index in [1.54, 1.807) is 11.3 Å². The molecule has 1 fully saturated rings. The van der Waals surface area contributed by atoms with E-state index in [2.05, 4.69) is 29.4 Å². The molecule has 2 atom stereocenters. The summed E-state index contributed by atoms with van der Waals surface area (Å²) in [4.78, 5) is 0. The molecule has 17 heavy (non-hydrogen) atoms. The molecule has 1 aromatic heterocycles. The summed E-state index contributed by atoms with van der Waals surface area (Å²) in [6.07, 6.45) is 4.94. The fourth-order valence-corrected chi connectivity index (χ4v) is 2.89. The van der Waals surface area contributed by atoms with Gasteiger partial charge < -0.3 is 10.1 Å². The van der Waals surface area contributed by atoms with Gasteiger partial charge in [-0.1, -0.05) is 18.3 Å². The maximum atomic E-state index is 5.80. The summed E-state index contributed by atoms with van der Waals surface area (Å²) in [6, 6.07) is 0. The molecule has 1 saturated heterocycles. The largest absolute Gasteiger partial charge is 0.368 e. The summed E-state index contributed by atoms with van der Waals surface area (Å²) < 4.78 is 5.80. The van der Waals surface area contributed by atoms with Gasteiger partial charge in [0.15, 0.2) is 0 Å². The monoisotopic (exact) mass is 255 g/mol. The van der Waals surface area contributed by atoms with E-state index < -0.39 is 0 Å². The van der Waals surface area contributed by atoms with Crippen LogP contribution < -0.4 is 5.32 Å². The third-order valence-corrected chi connectivity index (χ3v) is 4.01. The minimum atomic E-state index is 0.194. The topological polar surface area (TPSA) is 47.0 Å². The van der Waals surface area contributed by atoms with Crippen molar-refractivity contribution in [3.8, 4) is 0 Å². The Kier molecular flexibility index (Phi) is 4.88. The van der Waals surface area contributed by atoms with Crippen molar-refractivity contribution < 1.29 is 4.74 Å². The van der Waals surface area contributed by atoms with E-state index >= 15 is 0 Å². The molecule has 1 N–H and O–H groups in total. The summed E-state index contributed by atoms with van der Waals surface area (Å²) in [6.45, 7) is 6.37. The van der Waals surface area contributed by atoms with Crippen LogP contribution in [0.15, 0.2) is 0 Å². The number of nitrogens with one attached hydrogen (secondary N) is 1. The van der Waals surface area contributed by atoms with Gasteiger partial charge in [0.25, 0.3) is 0 Å². The van der Waals surface area contributed by atoms with Crippen LogP contribution in [0, 0.1) is 0 Å². The van der Waals surface area contributed by atoms with E-state index in [0.717, 1.165) is 42.4 Å². The quantitative estimate of drug-likeness (QED) is 0.792. The van der Waals surface area contributed by atoms with Gasteiger partial charge in [-0.05, 0) is 32.7 Å². The van der Waals surface area contributed by atoms with Crippen LogP contribution in [0.2, 0.25) is 0 Å². The van der Waals surface area contributed by atoms with Crippen LogP contribution in [0.5, 0.6) is 0 Å². The average Bonchev–Trinajstić information content (AvgIpc) is 2.93. The zero-order chi connectivity index (χ0) is 12.1. The first kappa shape index (κ1) is 12.9. The van der Waals surface area contributed by atoms with Crippen molar-refractivity contribution in [2.75, 3.05) is 13.1 Å². The third-order valence-electron chi connectivity index (χ3n) is 2.93. The van der Waals surface area contributed by atoms with Crippen molar-refractivity contribution in [1.82, 2.24) is 15.5 Å². The summed E-state index contributed by atoms with van der Waals surface area (Å²) >= 11 is 1.70. The third kappa shape index (κ3) is 3.72. The van der Waals surface area contributed by atoms with Crippen molar-refractivity contribution in [2.24, 2.45) is 0 Å². The summed E-state index contributed by atoms with van der Waals surface area (Å²) in [5.74, 6) is 0. The molecule has 2 heterocycles. The normalized spacial score (nSPS) is 24.4. The molecule has 0 aromatic carbocycles. The van der Waals surface area contributed by atoms with E-state index in [1.165, 1.54) is 6.42 Å². The molecule has 2 rings (SSSR count). The van der Waals surface area contributed by atoms with Crippen molar-refractivity contribution in [3.63, 3.8) is 0 Å². The molecule has 2 unspecified atom stereocenters. The predicted molar refractivity (Wildman–Crippen MR) is 69.3 cm³/mol. The van der Waals surface area contributed by atoms with Crippen LogP contribution in [-0.4, -0.2) is 29.4 Å². The Balaban J connectivity index is 1.79. The second-order valence-corrected chi connectivity index (χ2v) is 5.64. The Hall–Kier alpha value is -0.520. The minimum Gasteiger partial charge on any atom is -0.368 e.